The molecule has 0 spiro atoms. The number of hydrogen-bond acceptors (Lipinski definition) is 3. The van der Waals surface area contributed by atoms with Crippen molar-refractivity contribution in [3.8, 4) is 0 Å². The topological polar surface area (TPSA) is 38.7 Å². The van der Waals surface area contributed by atoms with Crippen molar-refractivity contribution in [2.24, 2.45) is 0 Å². The Morgan fingerprint density at radius 3 is 1.77 bits per heavy atom. The summed E-state index contributed by atoms with van der Waals surface area (Å²) >= 11 is 0. The summed E-state index contributed by atoms with van der Waals surface area (Å²) in [6.07, 6.45) is 1.56. The SMILES string of the molecule is C=C1C(=C(C)O)CC(O[Si](C)(C)C(C)(C)C)CC1O[Si](C)(C)C(C)(C)C. The Morgan fingerprint density at radius 1 is 0.962 bits per heavy atom. The number of allylic oxidation sites excluding steroid dienone is 1. The maximum atomic E-state index is 10.2. The van der Waals surface area contributed by atoms with E-state index in [1.807, 2.05) is 0 Å². The second kappa shape index (κ2) is 7.57. The van der Waals surface area contributed by atoms with Crippen LogP contribution in [-0.4, -0.2) is 33.9 Å². The molecule has 5 heteroatoms. The fourth-order valence-electron chi connectivity index (χ4n) is 2.73. The molecule has 0 bridgehead atoms. The molecule has 2 atom stereocenters. The predicted octanol–water partition coefficient (Wildman–Crippen LogP) is 6.95. The van der Waals surface area contributed by atoms with Gasteiger partial charge in [0.1, 0.15) is 0 Å². The van der Waals surface area contributed by atoms with Gasteiger partial charge in [-0.25, -0.2) is 0 Å². The third-order valence-corrected chi connectivity index (χ3v) is 15.7. The van der Waals surface area contributed by atoms with Crippen LogP contribution in [0.25, 0.3) is 0 Å². The third kappa shape index (κ3) is 5.34. The maximum absolute atomic E-state index is 10.2. The summed E-state index contributed by atoms with van der Waals surface area (Å²) in [7, 11) is -3.81. The molecule has 3 nitrogen and oxygen atoms in total. The van der Waals surface area contributed by atoms with Crippen molar-refractivity contribution in [1.82, 2.24) is 0 Å². The Morgan fingerprint density at radius 2 is 1.38 bits per heavy atom. The summed E-state index contributed by atoms with van der Waals surface area (Å²) in [6, 6.07) is 0. The molecule has 1 fully saturated rings. The minimum atomic E-state index is -1.93. The Kier molecular flexibility index (Phi) is 6.89. The first-order valence-corrected chi connectivity index (χ1v) is 15.6. The van der Waals surface area contributed by atoms with Gasteiger partial charge < -0.3 is 14.0 Å². The van der Waals surface area contributed by atoms with Crippen LogP contribution in [0.5, 0.6) is 0 Å². The van der Waals surface area contributed by atoms with Crippen molar-refractivity contribution < 1.29 is 14.0 Å². The summed E-state index contributed by atoms with van der Waals surface area (Å²) in [5.74, 6) is 0.349. The molecular formula is C21H42O3Si2. The first-order valence-electron chi connectivity index (χ1n) is 9.82. The molecule has 1 N–H and O–H groups in total. The van der Waals surface area contributed by atoms with E-state index >= 15 is 0 Å². The van der Waals surface area contributed by atoms with Crippen LogP contribution < -0.4 is 0 Å². The van der Waals surface area contributed by atoms with Gasteiger partial charge in [-0.2, -0.15) is 0 Å². The number of hydrogen-bond donors (Lipinski definition) is 1. The van der Waals surface area contributed by atoms with Gasteiger partial charge in [-0.3, -0.25) is 0 Å². The molecule has 0 aromatic heterocycles. The lowest BCUT2D eigenvalue weighted by molar-refractivity contribution is 0.0951. The molecule has 0 aromatic rings. The Balaban J connectivity index is 3.13. The van der Waals surface area contributed by atoms with Crippen molar-refractivity contribution in [2.45, 2.75) is 110 Å². The summed E-state index contributed by atoms with van der Waals surface area (Å²) < 4.78 is 13.4. The maximum Gasteiger partial charge on any atom is 0.192 e. The van der Waals surface area contributed by atoms with E-state index in [-0.39, 0.29) is 22.3 Å². The molecule has 0 aliphatic heterocycles. The largest absolute Gasteiger partial charge is 0.512 e. The van der Waals surface area contributed by atoms with Gasteiger partial charge in [0.2, 0.25) is 0 Å². The van der Waals surface area contributed by atoms with Gasteiger partial charge >= 0.3 is 0 Å². The highest BCUT2D eigenvalue weighted by Crippen LogP contribution is 2.44. The molecule has 0 radical (unpaired) electrons. The van der Waals surface area contributed by atoms with E-state index in [1.54, 1.807) is 6.92 Å². The molecule has 0 heterocycles. The van der Waals surface area contributed by atoms with Gasteiger partial charge in [-0.1, -0.05) is 48.1 Å². The second-order valence-corrected chi connectivity index (χ2v) is 20.4. The fourth-order valence-corrected chi connectivity index (χ4v) is 5.40. The van der Waals surface area contributed by atoms with Crippen LogP contribution in [0.15, 0.2) is 23.5 Å². The van der Waals surface area contributed by atoms with Crippen LogP contribution in [0.3, 0.4) is 0 Å². The average Bonchev–Trinajstić information content (AvgIpc) is 2.38. The van der Waals surface area contributed by atoms with E-state index in [0.717, 1.165) is 24.0 Å². The predicted molar refractivity (Wildman–Crippen MR) is 118 cm³/mol. The first kappa shape index (κ1) is 23.7. The summed E-state index contributed by atoms with van der Waals surface area (Å²) in [5.41, 5.74) is 1.86. The molecule has 1 aliphatic rings. The summed E-state index contributed by atoms with van der Waals surface area (Å²) in [4.78, 5) is 0. The molecule has 152 valence electrons. The molecule has 0 amide bonds. The van der Waals surface area contributed by atoms with Crippen LogP contribution in [-0.2, 0) is 8.85 Å². The molecule has 0 saturated heterocycles. The van der Waals surface area contributed by atoms with E-state index < -0.39 is 16.6 Å². The van der Waals surface area contributed by atoms with E-state index in [1.165, 1.54) is 0 Å². The van der Waals surface area contributed by atoms with Crippen LogP contribution >= 0.6 is 0 Å². The minimum Gasteiger partial charge on any atom is -0.512 e. The minimum absolute atomic E-state index is 0.0727. The molecule has 1 saturated carbocycles. The van der Waals surface area contributed by atoms with Gasteiger partial charge in [-0.15, -0.1) is 0 Å². The van der Waals surface area contributed by atoms with Gasteiger partial charge in [-0.05, 0) is 54.3 Å². The van der Waals surface area contributed by atoms with Gasteiger partial charge in [0.25, 0.3) is 0 Å². The quantitative estimate of drug-likeness (QED) is 0.411. The smallest absolute Gasteiger partial charge is 0.192 e. The van der Waals surface area contributed by atoms with Crippen molar-refractivity contribution >= 4 is 16.6 Å². The van der Waals surface area contributed by atoms with Crippen molar-refractivity contribution in [3.05, 3.63) is 23.5 Å². The van der Waals surface area contributed by atoms with Gasteiger partial charge in [0.15, 0.2) is 16.6 Å². The number of rotatable bonds is 4. The molecule has 0 aromatic carbocycles. The van der Waals surface area contributed by atoms with Crippen molar-refractivity contribution in [1.29, 1.82) is 0 Å². The average molecular weight is 399 g/mol. The molecule has 1 aliphatic carbocycles. The number of aliphatic hydroxyl groups is 1. The molecule has 2 unspecified atom stereocenters. The first-order chi connectivity index (χ1) is 11.4. The van der Waals surface area contributed by atoms with E-state index in [4.69, 9.17) is 8.85 Å². The Bertz CT molecular complexity index is 559. The lowest BCUT2D eigenvalue weighted by atomic mass is 9.86. The monoisotopic (exact) mass is 398 g/mol. The molecule has 1 rings (SSSR count). The third-order valence-electron chi connectivity index (χ3n) is 6.63. The zero-order chi connectivity index (χ0) is 20.7. The van der Waals surface area contributed by atoms with Crippen LogP contribution in [0.4, 0.5) is 0 Å². The number of aliphatic hydroxyl groups excluding tert-OH is 1. The summed E-state index contributed by atoms with van der Waals surface area (Å²) in [6.45, 7) is 28.7. The lowest BCUT2D eigenvalue weighted by Gasteiger charge is -2.45. The standard InChI is InChI=1S/C21H42O3Si2/c1-15-18(16(2)22)13-17(23-25(9,10)20(3,4)5)14-19(15)24-26(11,12)21(6,7)8/h17,19,22H,1,13-14H2,2-12H3. The molecule has 26 heavy (non-hydrogen) atoms. The van der Waals surface area contributed by atoms with Crippen molar-refractivity contribution in [3.63, 3.8) is 0 Å². The van der Waals surface area contributed by atoms with Gasteiger partial charge in [0.05, 0.1) is 18.0 Å². The van der Waals surface area contributed by atoms with Crippen LogP contribution in [0, 0.1) is 0 Å². The van der Waals surface area contributed by atoms with Gasteiger partial charge in [0, 0.05) is 12.8 Å². The van der Waals surface area contributed by atoms with E-state index in [2.05, 4.69) is 74.3 Å². The van der Waals surface area contributed by atoms with Crippen LogP contribution in [0.1, 0.15) is 61.3 Å². The van der Waals surface area contributed by atoms with E-state index in [9.17, 15) is 5.11 Å². The molecular weight excluding hydrogens is 356 g/mol. The fraction of sp³-hybridized carbons (Fsp3) is 0.810. The highest BCUT2D eigenvalue weighted by atomic mass is 28.4. The van der Waals surface area contributed by atoms with E-state index in [0.29, 0.717) is 5.76 Å². The van der Waals surface area contributed by atoms with Crippen LogP contribution in [0.2, 0.25) is 36.3 Å². The summed E-state index contributed by atoms with van der Waals surface area (Å²) in [5, 5.41) is 10.5. The Hall–Kier alpha value is -0.366. The Labute approximate surface area is 164 Å². The second-order valence-electron chi connectivity index (χ2n) is 10.9. The lowest BCUT2D eigenvalue weighted by Crippen LogP contribution is -2.49. The normalized spacial score (nSPS) is 25.4. The highest BCUT2D eigenvalue weighted by Gasteiger charge is 2.44. The zero-order valence-electron chi connectivity index (χ0n) is 19.0. The highest BCUT2D eigenvalue weighted by molar-refractivity contribution is 6.74. The van der Waals surface area contributed by atoms with Crippen molar-refractivity contribution in [2.75, 3.05) is 0 Å². The zero-order valence-corrected chi connectivity index (χ0v) is 21.0.